The van der Waals surface area contributed by atoms with Gasteiger partial charge in [0.15, 0.2) is 0 Å². The summed E-state index contributed by atoms with van der Waals surface area (Å²) in [6.45, 7) is 6.22. The van der Waals surface area contributed by atoms with Crippen LogP contribution in [0, 0.1) is 0 Å². The van der Waals surface area contributed by atoms with Crippen molar-refractivity contribution in [2.24, 2.45) is 0 Å². The quantitative estimate of drug-likeness (QED) is 0.925. The maximum atomic E-state index is 12.8. The van der Waals surface area contributed by atoms with E-state index in [2.05, 4.69) is 5.32 Å². The van der Waals surface area contributed by atoms with Gasteiger partial charge >= 0.3 is 0 Å². The van der Waals surface area contributed by atoms with Crippen LogP contribution in [-0.2, 0) is 10.0 Å². The molecular formula is C16H24N2O3S. The number of sulfonamides is 1. The van der Waals surface area contributed by atoms with E-state index in [9.17, 15) is 13.2 Å². The largest absolute Gasteiger partial charge is 0.350 e. The second-order valence-corrected chi connectivity index (χ2v) is 8.01. The van der Waals surface area contributed by atoms with E-state index in [-0.39, 0.29) is 22.9 Å². The highest BCUT2D eigenvalue weighted by Gasteiger charge is 2.31. The van der Waals surface area contributed by atoms with Crippen LogP contribution in [0.5, 0.6) is 0 Å². The van der Waals surface area contributed by atoms with E-state index in [0.29, 0.717) is 12.1 Å². The minimum atomic E-state index is -3.54. The smallest absolute Gasteiger partial charge is 0.251 e. The summed E-state index contributed by atoms with van der Waals surface area (Å²) in [6.07, 6.45) is 2.83. The van der Waals surface area contributed by atoms with Gasteiger partial charge in [-0.2, -0.15) is 4.31 Å². The number of benzene rings is 1. The molecule has 0 bridgehead atoms. The van der Waals surface area contributed by atoms with Gasteiger partial charge in [-0.15, -0.1) is 0 Å². The number of carbonyl (C=O) groups excluding carboxylic acids is 1. The van der Waals surface area contributed by atoms with Gasteiger partial charge in [-0.25, -0.2) is 8.42 Å². The third-order valence-electron chi connectivity index (χ3n) is 3.86. The molecular weight excluding hydrogens is 300 g/mol. The number of nitrogens with one attached hydrogen (secondary N) is 1. The molecule has 1 saturated heterocycles. The van der Waals surface area contributed by atoms with Crippen LogP contribution in [0.4, 0.5) is 0 Å². The summed E-state index contributed by atoms with van der Waals surface area (Å²) in [5.74, 6) is -0.251. The minimum Gasteiger partial charge on any atom is -0.350 e. The Labute approximate surface area is 132 Å². The Bertz CT molecular complexity index is 641. The van der Waals surface area contributed by atoms with Gasteiger partial charge in [0.2, 0.25) is 10.0 Å². The van der Waals surface area contributed by atoms with Crippen molar-refractivity contribution in [1.29, 1.82) is 0 Å². The summed E-state index contributed by atoms with van der Waals surface area (Å²) >= 11 is 0. The van der Waals surface area contributed by atoms with Crippen molar-refractivity contribution >= 4 is 15.9 Å². The van der Waals surface area contributed by atoms with Gasteiger partial charge in [-0.1, -0.05) is 12.5 Å². The van der Waals surface area contributed by atoms with Crippen LogP contribution in [0.2, 0.25) is 0 Å². The molecule has 1 atom stereocenters. The third kappa shape index (κ3) is 3.67. The van der Waals surface area contributed by atoms with E-state index in [1.54, 1.807) is 22.5 Å². The van der Waals surface area contributed by atoms with Crippen molar-refractivity contribution < 1.29 is 13.2 Å². The molecule has 1 amide bonds. The summed E-state index contributed by atoms with van der Waals surface area (Å²) in [5.41, 5.74) is 0.374. The standard InChI is InChI=1S/C16H24N2O3S/c1-12(2)17-16(19)14-8-6-9-15(11-14)22(20,21)18-10-5-4-7-13(18)3/h6,8-9,11-13H,4-5,7,10H2,1-3H3,(H,17,19). The van der Waals surface area contributed by atoms with E-state index >= 15 is 0 Å². The molecule has 0 aromatic heterocycles. The average molecular weight is 324 g/mol. The molecule has 0 spiro atoms. The summed E-state index contributed by atoms with van der Waals surface area (Å²) < 4.78 is 27.1. The van der Waals surface area contributed by atoms with Crippen molar-refractivity contribution in [2.75, 3.05) is 6.54 Å². The van der Waals surface area contributed by atoms with E-state index in [1.165, 1.54) is 6.07 Å². The lowest BCUT2D eigenvalue weighted by Crippen LogP contribution is -2.42. The first kappa shape index (κ1) is 17.0. The van der Waals surface area contributed by atoms with Gasteiger partial charge in [-0.3, -0.25) is 4.79 Å². The Balaban J connectivity index is 2.30. The van der Waals surface area contributed by atoms with Crippen molar-refractivity contribution in [3.63, 3.8) is 0 Å². The Morgan fingerprint density at radius 3 is 2.68 bits per heavy atom. The number of hydrogen-bond donors (Lipinski definition) is 1. The number of piperidine rings is 1. The van der Waals surface area contributed by atoms with Crippen molar-refractivity contribution in [3.8, 4) is 0 Å². The molecule has 0 radical (unpaired) electrons. The molecule has 0 saturated carbocycles. The SMILES string of the molecule is CC(C)NC(=O)c1cccc(S(=O)(=O)N2CCCCC2C)c1. The van der Waals surface area contributed by atoms with E-state index < -0.39 is 10.0 Å². The minimum absolute atomic E-state index is 0.00639. The lowest BCUT2D eigenvalue weighted by molar-refractivity contribution is 0.0943. The molecule has 1 fully saturated rings. The highest BCUT2D eigenvalue weighted by molar-refractivity contribution is 7.89. The highest BCUT2D eigenvalue weighted by Crippen LogP contribution is 2.25. The fraction of sp³-hybridized carbons (Fsp3) is 0.562. The van der Waals surface area contributed by atoms with Gasteiger partial charge in [0.1, 0.15) is 0 Å². The summed E-state index contributed by atoms with van der Waals surface area (Å²) in [5, 5.41) is 2.78. The van der Waals surface area contributed by atoms with Crippen LogP contribution in [0.15, 0.2) is 29.2 Å². The second kappa shape index (κ2) is 6.79. The molecule has 1 aliphatic rings. The maximum absolute atomic E-state index is 12.8. The normalized spacial score (nSPS) is 20.1. The zero-order chi connectivity index (χ0) is 16.3. The molecule has 2 rings (SSSR count). The van der Waals surface area contributed by atoms with Gasteiger partial charge in [0, 0.05) is 24.2 Å². The van der Waals surface area contributed by atoms with Gasteiger partial charge in [0.05, 0.1) is 4.90 Å². The zero-order valence-corrected chi connectivity index (χ0v) is 14.2. The van der Waals surface area contributed by atoms with Crippen molar-refractivity contribution in [1.82, 2.24) is 9.62 Å². The molecule has 0 aliphatic carbocycles. The predicted octanol–water partition coefficient (Wildman–Crippen LogP) is 2.39. The van der Waals surface area contributed by atoms with Gasteiger partial charge in [-0.05, 0) is 51.8 Å². The lowest BCUT2D eigenvalue weighted by atomic mass is 10.1. The van der Waals surface area contributed by atoms with Crippen LogP contribution in [0.25, 0.3) is 0 Å². The Kier molecular flexibility index (Phi) is 5.24. The van der Waals surface area contributed by atoms with Crippen molar-refractivity contribution in [3.05, 3.63) is 29.8 Å². The van der Waals surface area contributed by atoms with E-state index in [4.69, 9.17) is 0 Å². The number of carbonyl (C=O) groups is 1. The zero-order valence-electron chi connectivity index (χ0n) is 13.4. The number of amides is 1. The first-order valence-electron chi connectivity index (χ1n) is 7.75. The topological polar surface area (TPSA) is 66.5 Å². The third-order valence-corrected chi connectivity index (χ3v) is 5.87. The predicted molar refractivity (Wildman–Crippen MR) is 86.2 cm³/mol. The number of rotatable bonds is 4. The first-order chi connectivity index (χ1) is 10.3. The van der Waals surface area contributed by atoms with E-state index in [1.807, 2.05) is 20.8 Å². The van der Waals surface area contributed by atoms with Crippen LogP contribution in [0.3, 0.4) is 0 Å². The fourth-order valence-electron chi connectivity index (χ4n) is 2.71. The monoisotopic (exact) mass is 324 g/mol. The molecule has 6 heteroatoms. The molecule has 5 nitrogen and oxygen atoms in total. The lowest BCUT2D eigenvalue weighted by Gasteiger charge is -2.32. The molecule has 1 N–H and O–H groups in total. The molecule has 1 aromatic rings. The maximum Gasteiger partial charge on any atom is 0.251 e. The first-order valence-corrected chi connectivity index (χ1v) is 9.19. The molecule has 1 heterocycles. The highest BCUT2D eigenvalue weighted by atomic mass is 32.2. The molecule has 1 unspecified atom stereocenters. The summed E-state index contributed by atoms with van der Waals surface area (Å²) in [6, 6.07) is 6.30. The Morgan fingerprint density at radius 1 is 1.32 bits per heavy atom. The van der Waals surface area contributed by atoms with Gasteiger partial charge < -0.3 is 5.32 Å². The Hall–Kier alpha value is -1.40. The molecule has 122 valence electrons. The number of nitrogens with zero attached hydrogens (tertiary/aromatic N) is 1. The second-order valence-electron chi connectivity index (χ2n) is 6.12. The number of hydrogen-bond acceptors (Lipinski definition) is 3. The van der Waals surface area contributed by atoms with Crippen LogP contribution in [0.1, 0.15) is 50.4 Å². The molecule has 1 aliphatic heterocycles. The summed E-state index contributed by atoms with van der Waals surface area (Å²) in [4.78, 5) is 12.2. The average Bonchev–Trinajstić information content (AvgIpc) is 2.47. The molecule has 1 aromatic carbocycles. The fourth-order valence-corrected chi connectivity index (χ4v) is 4.45. The van der Waals surface area contributed by atoms with Crippen LogP contribution >= 0.6 is 0 Å². The van der Waals surface area contributed by atoms with Crippen LogP contribution in [-0.4, -0.2) is 37.3 Å². The van der Waals surface area contributed by atoms with Gasteiger partial charge in [0.25, 0.3) is 5.91 Å². The molecule has 22 heavy (non-hydrogen) atoms. The summed E-state index contributed by atoms with van der Waals surface area (Å²) in [7, 11) is -3.54. The van der Waals surface area contributed by atoms with Crippen molar-refractivity contribution in [2.45, 2.75) is 57.0 Å². The Morgan fingerprint density at radius 2 is 2.05 bits per heavy atom. The van der Waals surface area contributed by atoms with Crippen LogP contribution < -0.4 is 5.32 Å². The van der Waals surface area contributed by atoms with E-state index in [0.717, 1.165) is 19.3 Å².